The SMILES string of the molecule is Cc1ccc(OC2(C(=O)N[C@H](C)Cc3ccncc3)CCNCC2)cc1. The number of piperidine rings is 1. The molecule has 0 unspecified atom stereocenters. The maximum absolute atomic E-state index is 13.1. The Kier molecular flexibility index (Phi) is 5.89. The van der Waals surface area contributed by atoms with Gasteiger partial charge in [-0.15, -0.1) is 0 Å². The van der Waals surface area contributed by atoms with Crippen LogP contribution in [0, 0.1) is 6.92 Å². The van der Waals surface area contributed by atoms with E-state index in [1.54, 1.807) is 12.4 Å². The molecule has 1 aromatic carbocycles. The molecule has 1 aliphatic heterocycles. The standard InChI is InChI=1S/C21H27N3O2/c1-16-3-5-19(6-4-16)26-21(9-13-23-14-10-21)20(25)24-17(2)15-18-7-11-22-12-8-18/h3-8,11-12,17,23H,9-10,13-15H2,1-2H3,(H,24,25)/t17-/m1/s1. The zero-order valence-corrected chi connectivity index (χ0v) is 15.5. The Morgan fingerprint density at radius 3 is 2.50 bits per heavy atom. The molecule has 1 fully saturated rings. The molecule has 2 aromatic rings. The smallest absolute Gasteiger partial charge is 0.264 e. The van der Waals surface area contributed by atoms with E-state index in [0.29, 0.717) is 12.8 Å². The van der Waals surface area contributed by atoms with E-state index in [0.717, 1.165) is 30.8 Å². The van der Waals surface area contributed by atoms with Gasteiger partial charge in [-0.2, -0.15) is 0 Å². The van der Waals surface area contributed by atoms with E-state index < -0.39 is 5.60 Å². The minimum atomic E-state index is -0.812. The highest BCUT2D eigenvalue weighted by atomic mass is 16.5. The van der Waals surface area contributed by atoms with Crippen LogP contribution >= 0.6 is 0 Å². The van der Waals surface area contributed by atoms with Gasteiger partial charge in [0.25, 0.3) is 5.91 Å². The maximum atomic E-state index is 13.1. The zero-order valence-electron chi connectivity index (χ0n) is 15.5. The summed E-state index contributed by atoms with van der Waals surface area (Å²) >= 11 is 0. The number of benzene rings is 1. The Bertz CT molecular complexity index is 710. The lowest BCUT2D eigenvalue weighted by Crippen LogP contribution is -2.58. The van der Waals surface area contributed by atoms with Crippen LogP contribution in [0.1, 0.15) is 30.9 Å². The average molecular weight is 353 g/mol. The van der Waals surface area contributed by atoms with Crippen LogP contribution < -0.4 is 15.4 Å². The van der Waals surface area contributed by atoms with Gasteiger partial charge in [-0.3, -0.25) is 9.78 Å². The Hall–Kier alpha value is -2.40. The third-order valence-electron chi connectivity index (χ3n) is 4.83. The van der Waals surface area contributed by atoms with E-state index in [-0.39, 0.29) is 11.9 Å². The molecule has 26 heavy (non-hydrogen) atoms. The van der Waals surface area contributed by atoms with E-state index >= 15 is 0 Å². The van der Waals surface area contributed by atoms with Gasteiger partial charge in [-0.1, -0.05) is 17.7 Å². The quantitative estimate of drug-likeness (QED) is 0.838. The Morgan fingerprint density at radius 2 is 1.85 bits per heavy atom. The van der Waals surface area contributed by atoms with Crippen molar-refractivity contribution in [3.05, 3.63) is 59.9 Å². The average Bonchev–Trinajstić information content (AvgIpc) is 2.65. The normalized spacial score (nSPS) is 17.3. The number of carbonyl (C=O) groups is 1. The molecular formula is C21H27N3O2. The van der Waals surface area contributed by atoms with E-state index in [1.807, 2.05) is 50.2 Å². The fraction of sp³-hybridized carbons (Fsp3) is 0.429. The van der Waals surface area contributed by atoms with Crippen molar-refractivity contribution in [3.8, 4) is 5.75 Å². The number of nitrogens with one attached hydrogen (secondary N) is 2. The maximum Gasteiger partial charge on any atom is 0.264 e. The van der Waals surface area contributed by atoms with Crippen LogP contribution in [0.3, 0.4) is 0 Å². The van der Waals surface area contributed by atoms with Crippen molar-refractivity contribution in [1.82, 2.24) is 15.6 Å². The summed E-state index contributed by atoms with van der Waals surface area (Å²) in [7, 11) is 0. The number of rotatable bonds is 6. The number of amides is 1. The summed E-state index contributed by atoms with van der Waals surface area (Å²) in [4.78, 5) is 17.2. The van der Waals surface area contributed by atoms with Crippen molar-refractivity contribution >= 4 is 5.91 Å². The Labute approximate surface area is 155 Å². The molecule has 5 nitrogen and oxygen atoms in total. The van der Waals surface area contributed by atoms with Gasteiger partial charge in [0.1, 0.15) is 5.75 Å². The Balaban J connectivity index is 1.69. The Morgan fingerprint density at radius 1 is 1.19 bits per heavy atom. The minimum Gasteiger partial charge on any atom is -0.477 e. The van der Waals surface area contributed by atoms with Crippen LogP contribution in [0.5, 0.6) is 5.75 Å². The topological polar surface area (TPSA) is 63.2 Å². The molecule has 2 heterocycles. The predicted molar refractivity (Wildman–Crippen MR) is 102 cm³/mol. The summed E-state index contributed by atoms with van der Waals surface area (Å²) in [6, 6.07) is 11.9. The lowest BCUT2D eigenvalue weighted by molar-refractivity contribution is -0.139. The van der Waals surface area contributed by atoms with Crippen LogP contribution in [0.15, 0.2) is 48.8 Å². The molecule has 0 bridgehead atoms. The van der Waals surface area contributed by atoms with Crippen molar-refractivity contribution in [2.75, 3.05) is 13.1 Å². The summed E-state index contributed by atoms with van der Waals surface area (Å²) in [6.45, 7) is 5.62. The summed E-state index contributed by atoms with van der Waals surface area (Å²) < 4.78 is 6.25. The predicted octanol–water partition coefficient (Wildman–Crippen LogP) is 2.64. The van der Waals surface area contributed by atoms with Gasteiger partial charge in [0.2, 0.25) is 0 Å². The van der Waals surface area contributed by atoms with Crippen LogP contribution in [-0.4, -0.2) is 35.6 Å². The number of ether oxygens (including phenoxy) is 1. The molecule has 3 rings (SSSR count). The number of carbonyl (C=O) groups excluding carboxylic acids is 1. The summed E-state index contributed by atoms with van der Waals surface area (Å²) in [5, 5.41) is 6.47. The lowest BCUT2D eigenvalue weighted by Gasteiger charge is -2.37. The fourth-order valence-electron chi connectivity index (χ4n) is 3.32. The molecule has 0 aliphatic carbocycles. The first kappa shape index (κ1) is 18.4. The summed E-state index contributed by atoms with van der Waals surface area (Å²) in [6.07, 6.45) is 5.65. The van der Waals surface area contributed by atoms with Gasteiger partial charge in [0.15, 0.2) is 5.60 Å². The molecule has 138 valence electrons. The van der Waals surface area contributed by atoms with E-state index in [9.17, 15) is 4.79 Å². The van der Waals surface area contributed by atoms with Gasteiger partial charge in [-0.25, -0.2) is 0 Å². The van der Waals surface area contributed by atoms with E-state index in [1.165, 1.54) is 5.56 Å². The molecular weight excluding hydrogens is 326 g/mol. The van der Waals surface area contributed by atoms with Crippen molar-refractivity contribution in [2.45, 2.75) is 44.8 Å². The lowest BCUT2D eigenvalue weighted by atomic mass is 9.90. The third kappa shape index (κ3) is 4.61. The van der Waals surface area contributed by atoms with E-state index in [4.69, 9.17) is 4.74 Å². The van der Waals surface area contributed by atoms with Gasteiger partial charge in [0.05, 0.1) is 0 Å². The van der Waals surface area contributed by atoms with Crippen LogP contribution in [0.2, 0.25) is 0 Å². The van der Waals surface area contributed by atoms with Gasteiger partial charge in [0, 0.05) is 31.3 Å². The molecule has 5 heteroatoms. The molecule has 0 saturated carbocycles. The highest BCUT2D eigenvalue weighted by molar-refractivity contribution is 5.86. The van der Waals surface area contributed by atoms with Crippen molar-refractivity contribution in [1.29, 1.82) is 0 Å². The first-order valence-corrected chi connectivity index (χ1v) is 9.24. The van der Waals surface area contributed by atoms with Crippen molar-refractivity contribution in [3.63, 3.8) is 0 Å². The van der Waals surface area contributed by atoms with Crippen molar-refractivity contribution in [2.24, 2.45) is 0 Å². The van der Waals surface area contributed by atoms with Gasteiger partial charge < -0.3 is 15.4 Å². The highest BCUT2D eigenvalue weighted by Crippen LogP contribution is 2.27. The number of aromatic nitrogens is 1. The van der Waals surface area contributed by atoms with E-state index in [2.05, 4.69) is 15.6 Å². The second-order valence-electron chi connectivity index (χ2n) is 7.09. The summed E-state index contributed by atoms with van der Waals surface area (Å²) in [5.74, 6) is 0.718. The molecule has 0 spiro atoms. The number of hydrogen-bond donors (Lipinski definition) is 2. The second-order valence-corrected chi connectivity index (χ2v) is 7.09. The number of pyridine rings is 1. The molecule has 1 aromatic heterocycles. The molecule has 0 radical (unpaired) electrons. The zero-order chi connectivity index (χ0) is 18.4. The van der Waals surface area contributed by atoms with Crippen LogP contribution in [-0.2, 0) is 11.2 Å². The van der Waals surface area contributed by atoms with Crippen LogP contribution in [0.25, 0.3) is 0 Å². The summed E-state index contributed by atoms with van der Waals surface area (Å²) in [5.41, 5.74) is 1.52. The molecule has 1 atom stereocenters. The first-order valence-electron chi connectivity index (χ1n) is 9.24. The number of nitrogens with zero attached hydrogens (tertiary/aromatic N) is 1. The number of aryl methyl sites for hydroxylation is 1. The van der Waals surface area contributed by atoms with Crippen LogP contribution in [0.4, 0.5) is 0 Å². The second kappa shape index (κ2) is 8.32. The number of hydrogen-bond acceptors (Lipinski definition) is 4. The van der Waals surface area contributed by atoms with Gasteiger partial charge >= 0.3 is 0 Å². The van der Waals surface area contributed by atoms with Gasteiger partial charge in [-0.05, 0) is 63.2 Å². The molecule has 1 aliphatic rings. The molecule has 1 saturated heterocycles. The third-order valence-corrected chi connectivity index (χ3v) is 4.83. The monoisotopic (exact) mass is 353 g/mol. The fourth-order valence-corrected chi connectivity index (χ4v) is 3.32. The highest BCUT2D eigenvalue weighted by Gasteiger charge is 2.42. The molecule has 1 amide bonds. The van der Waals surface area contributed by atoms with Crippen molar-refractivity contribution < 1.29 is 9.53 Å². The largest absolute Gasteiger partial charge is 0.477 e. The minimum absolute atomic E-state index is 0.0262. The molecule has 2 N–H and O–H groups in total. The first-order chi connectivity index (χ1) is 12.6.